The Kier molecular flexibility index (Phi) is 4.40. The van der Waals surface area contributed by atoms with Crippen molar-refractivity contribution in [2.45, 2.75) is 37.1 Å². The van der Waals surface area contributed by atoms with Gasteiger partial charge in [0.1, 0.15) is 11.6 Å². The number of benzene rings is 1. The molecule has 2 atom stereocenters. The summed E-state index contributed by atoms with van der Waals surface area (Å²) in [5.74, 6) is -0.980. The number of thioether (sulfide) groups is 1. The first-order valence-corrected chi connectivity index (χ1v) is 7.18. The molecule has 1 aliphatic rings. The van der Waals surface area contributed by atoms with E-state index in [-0.39, 0.29) is 0 Å². The third-order valence-corrected chi connectivity index (χ3v) is 4.41. The highest BCUT2D eigenvalue weighted by Gasteiger charge is 2.23. The van der Waals surface area contributed by atoms with Gasteiger partial charge in [-0.05, 0) is 31.6 Å². The second kappa shape index (κ2) is 5.83. The molecule has 1 nitrogen and oxygen atoms in total. The van der Waals surface area contributed by atoms with E-state index in [1.807, 2.05) is 11.8 Å². The van der Waals surface area contributed by atoms with Gasteiger partial charge in [-0.25, -0.2) is 8.78 Å². The fourth-order valence-corrected chi connectivity index (χ4v) is 3.06. The van der Waals surface area contributed by atoms with Crippen molar-refractivity contribution in [1.82, 2.24) is 5.32 Å². The average Bonchev–Trinajstić information content (AvgIpc) is 2.76. The Bertz CT molecular complexity index is 384. The zero-order chi connectivity index (χ0) is 12.3. The fraction of sp³-hybridized carbons (Fsp3) is 0.538. The minimum absolute atomic E-state index is 0.461. The molecule has 0 radical (unpaired) electrons. The number of halogens is 2. The van der Waals surface area contributed by atoms with Gasteiger partial charge in [0.2, 0.25) is 0 Å². The van der Waals surface area contributed by atoms with Gasteiger partial charge in [0.25, 0.3) is 0 Å². The van der Waals surface area contributed by atoms with Gasteiger partial charge in [0, 0.05) is 29.5 Å². The van der Waals surface area contributed by atoms with E-state index in [2.05, 4.69) is 11.6 Å². The molecular formula is C13H17F2NS. The van der Waals surface area contributed by atoms with Gasteiger partial charge in [-0.1, -0.05) is 6.07 Å². The van der Waals surface area contributed by atoms with Crippen molar-refractivity contribution in [2.24, 2.45) is 0 Å². The van der Waals surface area contributed by atoms with E-state index >= 15 is 0 Å². The van der Waals surface area contributed by atoms with E-state index in [9.17, 15) is 8.78 Å². The first-order valence-electron chi connectivity index (χ1n) is 5.89. The van der Waals surface area contributed by atoms with Crippen molar-refractivity contribution in [3.05, 3.63) is 35.4 Å². The van der Waals surface area contributed by atoms with Crippen molar-refractivity contribution in [2.75, 3.05) is 6.26 Å². The van der Waals surface area contributed by atoms with E-state index in [1.54, 1.807) is 0 Å². The summed E-state index contributed by atoms with van der Waals surface area (Å²) in [6.07, 6.45) is 5.65. The van der Waals surface area contributed by atoms with Crippen molar-refractivity contribution in [1.29, 1.82) is 0 Å². The first kappa shape index (κ1) is 12.8. The molecule has 94 valence electrons. The van der Waals surface area contributed by atoms with Crippen LogP contribution >= 0.6 is 11.8 Å². The molecule has 2 unspecified atom stereocenters. The summed E-state index contributed by atoms with van der Waals surface area (Å²) in [6, 6.07) is 4.23. The van der Waals surface area contributed by atoms with Gasteiger partial charge in [-0.3, -0.25) is 0 Å². The summed E-state index contributed by atoms with van der Waals surface area (Å²) in [7, 11) is 0. The molecule has 0 bridgehead atoms. The Morgan fingerprint density at radius 3 is 2.82 bits per heavy atom. The van der Waals surface area contributed by atoms with Crippen LogP contribution < -0.4 is 5.32 Å². The molecule has 1 fully saturated rings. The summed E-state index contributed by atoms with van der Waals surface area (Å²) in [5.41, 5.74) is 0.541. The van der Waals surface area contributed by atoms with Crippen LogP contribution in [0.3, 0.4) is 0 Å². The molecular weight excluding hydrogens is 240 g/mol. The normalized spacial score (nSPS) is 24.2. The minimum Gasteiger partial charge on any atom is -0.310 e. The second-order valence-corrected chi connectivity index (χ2v) is 5.62. The van der Waals surface area contributed by atoms with Gasteiger partial charge in [-0.2, -0.15) is 11.8 Å². The van der Waals surface area contributed by atoms with Crippen LogP contribution in [0.5, 0.6) is 0 Å². The van der Waals surface area contributed by atoms with E-state index in [1.165, 1.54) is 18.6 Å². The molecule has 0 amide bonds. The molecule has 4 heteroatoms. The van der Waals surface area contributed by atoms with Gasteiger partial charge >= 0.3 is 0 Å². The Morgan fingerprint density at radius 2 is 2.18 bits per heavy atom. The molecule has 1 aromatic carbocycles. The van der Waals surface area contributed by atoms with Gasteiger partial charge in [0.15, 0.2) is 0 Å². The average molecular weight is 257 g/mol. The molecule has 0 heterocycles. The third-order valence-electron chi connectivity index (χ3n) is 3.31. The number of hydrogen-bond donors (Lipinski definition) is 1. The molecule has 0 spiro atoms. The highest BCUT2D eigenvalue weighted by molar-refractivity contribution is 7.99. The summed E-state index contributed by atoms with van der Waals surface area (Å²) >= 11 is 1.90. The van der Waals surface area contributed by atoms with Crippen molar-refractivity contribution in [3.8, 4) is 0 Å². The number of nitrogens with one attached hydrogen (secondary N) is 1. The molecule has 1 aromatic rings. The zero-order valence-corrected chi connectivity index (χ0v) is 10.7. The first-order chi connectivity index (χ1) is 8.19. The van der Waals surface area contributed by atoms with Crippen LogP contribution in [0.2, 0.25) is 0 Å². The van der Waals surface area contributed by atoms with Crippen LogP contribution in [0.15, 0.2) is 18.2 Å². The number of hydrogen-bond acceptors (Lipinski definition) is 2. The molecule has 1 aliphatic carbocycles. The third kappa shape index (κ3) is 3.42. The van der Waals surface area contributed by atoms with E-state index < -0.39 is 11.6 Å². The number of rotatable bonds is 4. The Morgan fingerprint density at radius 1 is 1.35 bits per heavy atom. The highest BCUT2D eigenvalue weighted by atomic mass is 32.2. The quantitative estimate of drug-likeness (QED) is 0.888. The minimum atomic E-state index is -0.519. The van der Waals surface area contributed by atoms with Crippen LogP contribution in [0.1, 0.15) is 24.8 Å². The maximum Gasteiger partial charge on any atom is 0.130 e. The maximum absolute atomic E-state index is 13.4. The molecule has 0 aromatic heterocycles. The van der Waals surface area contributed by atoms with E-state index in [4.69, 9.17) is 0 Å². The molecule has 0 saturated heterocycles. The monoisotopic (exact) mass is 257 g/mol. The molecule has 1 saturated carbocycles. The van der Waals surface area contributed by atoms with Crippen molar-refractivity contribution < 1.29 is 8.78 Å². The van der Waals surface area contributed by atoms with Gasteiger partial charge in [-0.15, -0.1) is 0 Å². The topological polar surface area (TPSA) is 12.0 Å². The summed E-state index contributed by atoms with van der Waals surface area (Å²) < 4.78 is 26.1. The van der Waals surface area contributed by atoms with E-state index in [0.717, 1.165) is 24.2 Å². The maximum atomic E-state index is 13.4. The zero-order valence-electron chi connectivity index (χ0n) is 9.88. The van der Waals surface area contributed by atoms with Crippen LogP contribution in [0.25, 0.3) is 0 Å². The summed E-state index contributed by atoms with van der Waals surface area (Å²) in [6.45, 7) is 0.484. The fourth-order valence-electron chi connectivity index (χ4n) is 2.26. The highest BCUT2D eigenvalue weighted by Crippen LogP contribution is 2.28. The summed E-state index contributed by atoms with van der Waals surface area (Å²) in [4.78, 5) is 0. The lowest BCUT2D eigenvalue weighted by atomic mass is 10.2. The lowest BCUT2D eigenvalue weighted by Crippen LogP contribution is -2.26. The predicted molar refractivity (Wildman–Crippen MR) is 68.1 cm³/mol. The summed E-state index contributed by atoms with van der Waals surface area (Å²) in [5, 5.41) is 4.07. The van der Waals surface area contributed by atoms with E-state index in [0.29, 0.717) is 18.2 Å². The Hall–Kier alpha value is -0.610. The van der Waals surface area contributed by atoms with Crippen molar-refractivity contribution in [3.63, 3.8) is 0 Å². The smallest absolute Gasteiger partial charge is 0.130 e. The van der Waals surface area contributed by atoms with Gasteiger partial charge in [0.05, 0.1) is 0 Å². The largest absolute Gasteiger partial charge is 0.310 e. The van der Waals surface area contributed by atoms with Crippen LogP contribution in [0.4, 0.5) is 8.78 Å². The predicted octanol–water partition coefficient (Wildman–Crippen LogP) is 3.34. The SMILES string of the molecule is CSC1CCC(NCc2ccc(F)cc2F)C1. The molecule has 17 heavy (non-hydrogen) atoms. The van der Waals surface area contributed by atoms with Crippen LogP contribution in [0, 0.1) is 11.6 Å². The molecule has 0 aliphatic heterocycles. The Labute approximate surface area is 105 Å². The van der Waals surface area contributed by atoms with Gasteiger partial charge < -0.3 is 5.32 Å². The lowest BCUT2D eigenvalue weighted by Gasteiger charge is -2.13. The lowest BCUT2D eigenvalue weighted by molar-refractivity contribution is 0.505. The second-order valence-electron chi connectivity index (χ2n) is 4.48. The Balaban J connectivity index is 1.86. The van der Waals surface area contributed by atoms with Crippen LogP contribution in [-0.2, 0) is 6.54 Å². The standard InChI is InChI=1S/C13H17F2NS/c1-17-12-5-4-11(7-12)16-8-9-2-3-10(14)6-13(9)15/h2-3,6,11-12,16H,4-5,7-8H2,1H3. The van der Waals surface area contributed by atoms with Crippen molar-refractivity contribution >= 4 is 11.8 Å². The molecule has 1 N–H and O–H groups in total. The van der Waals surface area contributed by atoms with Crippen LogP contribution in [-0.4, -0.2) is 17.5 Å². The molecule has 2 rings (SSSR count).